The van der Waals surface area contributed by atoms with Crippen molar-refractivity contribution in [3.8, 4) is 0 Å². The predicted molar refractivity (Wildman–Crippen MR) is 127 cm³/mol. The Hall–Kier alpha value is -4.66. The number of anilines is 1. The first kappa shape index (κ1) is 22.1. The number of fused-ring (bicyclic) bond motifs is 2. The van der Waals surface area contributed by atoms with Crippen LogP contribution >= 0.6 is 0 Å². The molecule has 0 radical (unpaired) electrons. The molecule has 0 aliphatic heterocycles. The Morgan fingerprint density at radius 2 is 1.63 bits per heavy atom. The lowest BCUT2D eigenvalue weighted by molar-refractivity contribution is -0.649. The molecular weight excluding hydrogens is 452 g/mol. The smallest absolute Gasteiger partial charge is 0.278 e. The van der Waals surface area contributed by atoms with E-state index in [1.807, 2.05) is 0 Å². The average Bonchev–Trinajstić information content (AvgIpc) is 2.86. The van der Waals surface area contributed by atoms with Crippen LogP contribution in [0.5, 0.6) is 0 Å². The fourth-order valence-corrected chi connectivity index (χ4v) is 3.90. The number of nitrogens with two attached hydrogens (primary N) is 1. The molecular formula is C26H20F2N5O2+. The molecule has 0 atom stereocenters. The van der Waals surface area contributed by atoms with Crippen molar-refractivity contribution in [2.45, 2.75) is 13.1 Å². The zero-order chi connectivity index (χ0) is 24.5. The number of amides is 1. The second-order valence-electron chi connectivity index (χ2n) is 8.05. The molecule has 174 valence electrons. The number of nitrogens with one attached hydrogen (secondary N) is 1. The molecule has 5 rings (SSSR count). The second kappa shape index (κ2) is 8.94. The number of hydrogen-bond donors (Lipinski definition) is 2. The Morgan fingerprint density at radius 1 is 0.971 bits per heavy atom. The fourth-order valence-electron chi connectivity index (χ4n) is 3.90. The predicted octanol–water partition coefficient (Wildman–Crippen LogP) is 2.97. The summed E-state index contributed by atoms with van der Waals surface area (Å²) in [4.78, 5) is 31.0. The summed E-state index contributed by atoms with van der Waals surface area (Å²) in [7, 11) is 0. The molecule has 0 bridgehead atoms. The molecule has 3 N–H and O–H groups in total. The second-order valence-corrected chi connectivity index (χ2v) is 8.05. The van der Waals surface area contributed by atoms with Crippen LogP contribution in [0.15, 0.2) is 83.8 Å². The number of pyridine rings is 2. The minimum Gasteiger partial charge on any atom is -0.348 e. The van der Waals surface area contributed by atoms with Crippen LogP contribution in [0, 0.1) is 11.6 Å². The third-order valence-electron chi connectivity index (χ3n) is 5.72. The Kier molecular flexibility index (Phi) is 5.66. The summed E-state index contributed by atoms with van der Waals surface area (Å²) in [5, 5.41) is 2.97. The van der Waals surface area contributed by atoms with Crippen LogP contribution in [-0.2, 0) is 13.1 Å². The highest BCUT2D eigenvalue weighted by Gasteiger charge is 2.24. The Balaban J connectivity index is 1.63. The summed E-state index contributed by atoms with van der Waals surface area (Å²) in [6.07, 6.45) is 1.60. The Morgan fingerprint density at radius 3 is 2.31 bits per heavy atom. The first-order valence-electron chi connectivity index (χ1n) is 10.8. The standard InChI is InChI=1S/C26H19F2N5O2/c27-18-8-4-16(5-9-18)14-30-25(34)20-13-21-24(31-22-3-1-2-12-32(22)26(21)35)33(23(20)29)15-17-6-10-19(28)11-7-17/h1-13,29H,14-15H2,(H,30,34)/p+1. The number of rotatable bonds is 5. The Labute approximate surface area is 198 Å². The van der Waals surface area contributed by atoms with Gasteiger partial charge in [0.05, 0.1) is 6.54 Å². The number of carbonyl (C=O) groups is 1. The van der Waals surface area contributed by atoms with Gasteiger partial charge in [-0.15, -0.1) is 0 Å². The zero-order valence-electron chi connectivity index (χ0n) is 18.4. The largest absolute Gasteiger partial charge is 0.348 e. The van der Waals surface area contributed by atoms with Crippen molar-refractivity contribution >= 4 is 28.4 Å². The molecule has 0 aliphatic rings. The normalized spacial score (nSPS) is 11.1. The quantitative estimate of drug-likeness (QED) is 0.304. The summed E-state index contributed by atoms with van der Waals surface area (Å²) in [5.74, 6) is -1.15. The zero-order valence-corrected chi connectivity index (χ0v) is 18.4. The summed E-state index contributed by atoms with van der Waals surface area (Å²) < 4.78 is 29.6. The fraction of sp³-hybridized carbons (Fsp3) is 0.0769. The number of nitrogen functional groups attached to an aromatic ring is 1. The molecule has 3 heterocycles. The van der Waals surface area contributed by atoms with Gasteiger partial charge in [0.25, 0.3) is 17.1 Å². The van der Waals surface area contributed by atoms with Crippen molar-refractivity contribution in [3.05, 3.63) is 118 Å². The summed E-state index contributed by atoms with van der Waals surface area (Å²) in [6.45, 7) is 0.306. The first-order valence-corrected chi connectivity index (χ1v) is 10.8. The van der Waals surface area contributed by atoms with E-state index in [0.717, 1.165) is 0 Å². The van der Waals surface area contributed by atoms with Gasteiger partial charge in [0, 0.05) is 12.7 Å². The van der Waals surface area contributed by atoms with Gasteiger partial charge in [0.2, 0.25) is 11.5 Å². The summed E-state index contributed by atoms with van der Waals surface area (Å²) >= 11 is 0. The maximum Gasteiger partial charge on any atom is 0.278 e. The molecule has 2 aromatic carbocycles. The third kappa shape index (κ3) is 4.31. The van der Waals surface area contributed by atoms with Gasteiger partial charge >= 0.3 is 0 Å². The lowest BCUT2D eigenvalue weighted by Gasteiger charge is -2.13. The van der Waals surface area contributed by atoms with E-state index in [9.17, 15) is 18.4 Å². The van der Waals surface area contributed by atoms with Crippen LogP contribution in [-0.4, -0.2) is 15.3 Å². The average molecular weight is 472 g/mol. The monoisotopic (exact) mass is 472 g/mol. The maximum absolute atomic E-state index is 13.4. The van der Waals surface area contributed by atoms with E-state index < -0.39 is 5.91 Å². The van der Waals surface area contributed by atoms with Crippen LogP contribution < -0.4 is 21.2 Å². The van der Waals surface area contributed by atoms with E-state index in [4.69, 9.17) is 5.73 Å². The minimum atomic E-state index is -0.501. The van der Waals surface area contributed by atoms with Crippen molar-refractivity contribution in [3.63, 3.8) is 0 Å². The minimum absolute atomic E-state index is 0.0940. The van der Waals surface area contributed by atoms with E-state index in [0.29, 0.717) is 22.4 Å². The molecule has 0 saturated heterocycles. The number of halogens is 2. The molecule has 5 aromatic rings. The lowest BCUT2D eigenvalue weighted by Crippen LogP contribution is -2.43. The van der Waals surface area contributed by atoms with Gasteiger partial charge in [0.15, 0.2) is 0 Å². The summed E-state index contributed by atoms with van der Waals surface area (Å²) in [5.41, 5.74) is 8.32. The Bertz CT molecular complexity index is 1630. The molecule has 9 heteroatoms. The topological polar surface area (TPSA) is 93.4 Å². The van der Waals surface area contributed by atoms with Crippen LogP contribution in [0.2, 0.25) is 0 Å². The number of hydrogen-bond acceptors (Lipinski definition) is 4. The van der Waals surface area contributed by atoms with Gasteiger partial charge in [-0.2, -0.15) is 0 Å². The third-order valence-corrected chi connectivity index (χ3v) is 5.72. The van der Waals surface area contributed by atoms with Gasteiger partial charge in [-0.25, -0.2) is 13.3 Å². The highest BCUT2D eigenvalue weighted by molar-refractivity contribution is 6.00. The van der Waals surface area contributed by atoms with Crippen molar-refractivity contribution in [1.82, 2.24) is 14.7 Å². The SMILES string of the molecule is Nc1c(C(=O)NCc2ccc(F)cc2)cc2c(=O)n3ccccc3nc2[n+]1Cc1ccc(F)cc1. The maximum atomic E-state index is 13.4. The van der Waals surface area contributed by atoms with Crippen LogP contribution in [0.3, 0.4) is 0 Å². The van der Waals surface area contributed by atoms with Crippen molar-refractivity contribution in [2.75, 3.05) is 5.73 Å². The molecule has 0 saturated carbocycles. The van der Waals surface area contributed by atoms with Crippen molar-refractivity contribution < 1.29 is 18.1 Å². The number of benzene rings is 2. The molecule has 35 heavy (non-hydrogen) atoms. The number of nitrogens with zero attached hydrogens (tertiary/aromatic N) is 3. The number of aromatic nitrogens is 3. The van der Waals surface area contributed by atoms with Crippen molar-refractivity contribution in [1.29, 1.82) is 0 Å². The van der Waals surface area contributed by atoms with E-state index in [1.54, 1.807) is 53.2 Å². The summed E-state index contributed by atoms with van der Waals surface area (Å²) in [6, 6.07) is 18.2. The first-order chi connectivity index (χ1) is 16.9. The van der Waals surface area contributed by atoms with Crippen LogP contribution in [0.1, 0.15) is 21.5 Å². The van der Waals surface area contributed by atoms with Crippen LogP contribution in [0.4, 0.5) is 14.6 Å². The van der Waals surface area contributed by atoms with Crippen LogP contribution in [0.25, 0.3) is 16.7 Å². The number of carbonyl (C=O) groups excluding carboxylic acids is 1. The van der Waals surface area contributed by atoms with Gasteiger partial charge in [-0.1, -0.05) is 35.3 Å². The molecule has 1 amide bonds. The van der Waals surface area contributed by atoms with Gasteiger partial charge < -0.3 is 11.1 Å². The van der Waals surface area contributed by atoms with E-state index in [1.165, 1.54) is 34.7 Å². The van der Waals surface area contributed by atoms with Gasteiger partial charge in [-0.05, 0) is 53.6 Å². The van der Waals surface area contributed by atoms with Crippen molar-refractivity contribution in [2.24, 2.45) is 0 Å². The molecule has 0 aliphatic carbocycles. The van der Waals surface area contributed by atoms with E-state index in [2.05, 4.69) is 10.3 Å². The van der Waals surface area contributed by atoms with Gasteiger partial charge in [-0.3, -0.25) is 14.0 Å². The molecule has 7 nitrogen and oxygen atoms in total. The van der Waals surface area contributed by atoms with Gasteiger partial charge in [0.1, 0.15) is 22.6 Å². The molecule has 0 spiro atoms. The lowest BCUT2D eigenvalue weighted by atomic mass is 10.1. The highest BCUT2D eigenvalue weighted by atomic mass is 19.1. The molecule has 0 fully saturated rings. The molecule has 0 unspecified atom stereocenters. The highest BCUT2D eigenvalue weighted by Crippen LogP contribution is 2.16. The van der Waals surface area contributed by atoms with E-state index >= 15 is 0 Å². The van der Waals surface area contributed by atoms with E-state index in [-0.39, 0.29) is 47.1 Å². The molecule has 3 aromatic heterocycles.